The Morgan fingerprint density at radius 1 is 0.162 bits per heavy atom. The summed E-state index contributed by atoms with van der Waals surface area (Å²) in [6, 6.07) is 0. The molecular formula is C37H62. The van der Waals surface area contributed by atoms with Crippen LogP contribution in [-0.4, -0.2) is 0 Å². The second-order valence-corrected chi connectivity index (χ2v) is 17.7. The summed E-state index contributed by atoms with van der Waals surface area (Å²) in [5, 5.41) is 0. The van der Waals surface area contributed by atoms with E-state index in [-0.39, 0.29) is 0 Å². The minimum Gasteiger partial charge on any atom is -0.0533 e. The summed E-state index contributed by atoms with van der Waals surface area (Å²) in [4.78, 5) is 0. The van der Waals surface area contributed by atoms with Gasteiger partial charge in [0.25, 0.3) is 0 Å². The molecule has 0 heterocycles. The van der Waals surface area contributed by atoms with Gasteiger partial charge in [-0.05, 0) is 148 Å². The number of hydrogen-bond acceptors (Lipinski definition) is 0. The first-order valence-corrected chi connectivity index (χ1v) is 18.0. The highest BCUT2D eigenvalue weighted by Crippen LogP contribution is 2.82. The summed E-state index contributed by atoms with van der Waals surface area (Å²) >= 11 is 0. The zero-order valence-electron chi connectivity index (χ0n) is 24.9. The molecule has 0 atom stereocenters. The van der Waals surface area contributed by atoms with Crippen LogP contribution in [0.25, 0.3) is 0 Å². The fourth-order valence-electron chi connectivity index (χ4n) is 13.0. The molecule has 7 saturated carbocycles. The van der Waals surface area contributed by atoms with Gasteiger partial charge in [0.05, 0.1) is 0 Å². The van der Waals surface area contributed by atoms with Crippen LogP contribution in [0.1, 0.15) is 199 Å². The van der Waals surface area contributed by atoms with Gasteiger partial charge in [-0.2, -0.15) is 0 Å². The molecule has 6 spiro atoms. The van der Waals surface area contributed by atoms with Crippen LogP contribution in [0, 0.1) is 32.5 Å². The van der Waals surface area contributed by atoms with E-state index in [1.165, 1.54) is 51.4 Å². The van der Waals surface area contributed by atoms with Gasteiger partial charge in [0, 0.05) is 0 Å². The lowest BCUT2D eigenvalue weighted by Crippen LogP contribution is -2.65. The quantitative estimate of drug-likeness (QED) is 0.306. The smallest absolute Gasteiger partial charge is 0.0276 e. The summed E-state index contributed by atoms with van der Waals surface area (Å²) in [6.07, 6.45) is 49.0. The molecule has 0 aromatic carbocycles. The first-order valence-electron chi connectivity index (χ1n) is 18.0. The zero-order valence-corrected chi connectivity index (χ0v) is 24.9. The number of rotatable bonds is 0. The first-order chi connectivity index (χ1) is 18.0. The second-order valence-electron chi connectivity index (χ2n) is 17.7. The van der Waals surface area contributed by atoms with Gasteiger partial charge >= 0.3 is 0 Å². The molecule has 0 amide bonds. The molecule has 210 valence electrons. The molecule has 37 heavy (non-hydrogen) atoms. The topological polar surface area (TPSA) is 0 Å². The minimum absolute atomic E-state index is 0.752. The Morgan fingerprint density at radius 2 is 0.405 bits per heavy atom. The van der Waals surface area contributed by atoms with Crippen LogP contribution in [0.5, 0.6) is 0 Å². The van der Waals surface area contributed by atoms with Gasteiger partial charge in [-0.3, -0.25) is 0 Å². The van der Waals surface area contributed by atoms with Gasteiger partial charge in [0.15, 0.2) is 0 Å². The van der Waals surface area contributed by atoms with Gasteiger partial charge in [-0.1, -0.05) is 83.5 Å². The van der Waals surface area contributed by atoms with E-state index in [1.807, 2.05) is 0 Å². The Labute approximate surface area is 231 Å². The zero-order chi connectivity index (χ0) is 24.9. The van der Waals surface area contributed by atoms with Crippen LogP contribution in [-0.2, 0) is 0 Å². The Morgan fingerprint density at radius 3 is 0.784 bits per heavy atom. The van der Waals surface area contributed by atoms with Crippen molar-refractivity contribution in [1.29, 1.82) is 0 Å². The van der Waals surface area contributed by atoms with E-state index in [0.717, 1.165) is 32.5 Å². The van der Waals surface area contributed by atoms with Gasteiger partial charge in [0.1, 0.15) is 0 Å². The molecule has 7 rings (SSSR count). The van der Waals surface area contributed by atoms with E-state index >= 15 is 0 Å². The minimum atomic E-state index is 0.752. The molecule has 7 fully saturated rings. The highest BCUT2D eigenvalue weighted by atomic mass is 14.8. The Hall–Kier alpha value is 0. The van der Waals surface area contributed by atoms with Crippen LogP contribution in [0.4, 0.5) is 0 Å². The summed E-state index contributed by atoms with van der Waals surface area (Å²) in [5.74, 6) is 0. The second kappa shape index (κ2) is 9.82. The van der Waals surface area contributed by atoms with Crippen molar-refractivity contribution in [2.45, 2.75) is 199 Å². The van der Waals surface area contributed by atoms with Crippen LogP contribution >= 0.6 is 0 Å². The summed E-state index contributed by atoms with van der Waals surface area (Å²) in [6.45, 7) is 0. The third-order valence-electron chi connectivity index (χ3n) is 14.8. The maximum Gasteiger partial charge on any atom is -0.0276 e. The monoisotopic (exact) mass is 506 g/mol. The third-order valence-corrected chi connectivity index (χ3v) is 14.8. The average Bonchev–Trinajstić information content (AvgIpc) is 2.78. The van der Waals surface area contributed by atoms with Crippen molar-refractivity contribution in [2.24, 2.45) is 32.5 Å². The van der Waals surface area contributed by atoms with Crippen LogP contribution in [0.3, 0.4) is 0 Å². The van der Waals surface area contributed by atoms with Crippen molar-refractivity contribution in [2.75, 3.05) is 0 Å². The van der Waals surface area contributed by atoms with E-state index in [2.05, 4.69) is 0 Å². The summed E-state index contributed by atoms with van der Waals surface area (Å²) in [7, 11) is 0. The van der Waals surface area contributed by atoms with Crippen LogP contribution in [0.15, 0.2) is 0 Å². The lowest BCUT2D eigenvalue weighted by molar-refractivity contribution is -0.256. The molecule has 0 saturated heterocycles. The van der Waals surface area contributed by atoms with E-state index in [1.54, 1.807) is 148 Å². The van der Waals surface area contributed by atoms with Gasteiger partial charge < -0.3 is 0 Å². The maximum absolute atomic E-state index is 1.66. The molecule has 0 unspecified atom stereocenters. The van der Waals surface area contributed by atoms with Crippen molar-refractivity contribution >= 4 is 0 Å². The SMILES string of the molecule is C1CCCCCC2(CCCCCC3(CCCC1)CCC3)CCC1(CC2)CC2(C1)CC1(CC3(CCC3)C1)C2. The normalized spacial score (nSPS) is 35.7. The molecular weight excluding hydrogens is 444 g/mol. The van der Waals surface area contributed by atoms with Crippen LogP contribution in [0.2, 0.25) is 0 Å². The van der Waals surface area contributed by atoms with Gasteiger partial charge in [-0.15, -0.1) is 0 Å². The summed E-state index contributed by atoms with van der Waals surface area (Å²) in [5.41, 5.74) is 4.99. The fraction of sp³-hybridized carbons (Fsp3) is 1.00. The van der Waals surface area contributed by atoms with Crippen molar-refractivity contribution in [3.8, 4) is 0 Å². The average molecular weight is 507 g/mol. The molecule has 0 heteroatoms. The van der Waals surface area contributed by atoms with Crippen molar-refractivity contribution < 1.29 is 0 Å². The molecule has 7 aliphatic rings. The molecule has 0 nitrogen and oxygen atoms in total. The predicted molar refractivity (Wildman–Crippen MR) is 158 cm³/mol. The van der Waals surface area contributed by atoms with Crippen molar-refractivity contribution in [3.63, 3.8) is 0 Å². The van der Waals surface area contributed by atoms with E-state index in [9.17, 15) is 0 Å². The van der Waals surface area contributed by atoms with E-state index in [4.69, 9.17) is 0 Å². The Balaban J connectivity index is 0.897. The summed E-state index contributed by atoms with van der Waals surface area (Å²) < 4.78 is 0. The fourth-order valence-corrected chi connectivity index (χ4v) is 13.0. The molecule has 0 radical (unpaired) electrons. The first kappa shape index (κ1) is 25.9. The molecule has 0 aromatic rings. The largest absolute Gasteiger partial charge is 0.0533 e. The molecule has 0 N–H and O–H groups in total. The third kappa shape index (κ3) is 5.03. The van der Waals surface area contributed by atoms with Crippen molar-refractivity contribution in [1.82, 2.24) is 0 Å². The highest BCUT2D eigenvalue weighted by Gasteiger charge is 2.70. The molecule has 0 aliphatic heterocycles. The van der Waals surface area contributed by atoms with E-state index in [0.29, 0.717) is 0 Å². The molecule has 0 aromatic heterocycles. The van der Waals surface area contributed by atoms with Crippen LogP contribution < -0.4 is 0 Å². The Bertz CT molecular complexity index is 759. The highest BCUT2D eigenvalue weighted by molar-refractivity contribution is 5.21. The van der Waals surface area contributed by atoms with Gasteiger partial charge in [-0.25, -0.2) is 0 Å². The lowest BCUT2D eigenvalue weighted by atomic mass is 9.29. The number of hydrogen-bond donors (Lipinski definition) is 0. The van der Waals surface area contributed by atoms with Crippen molar-refractivity contribution in [3.05, 3.63) is 0 Å². The molecule has 0 bridgehead atoms. The molecule has 7 aliphatic carbocycles. The predicted octanol–water partition coefficient (Wildman–Crippen LogP) is 12.1. The van der Waals surface area contributed by atoms with Gasteiger partial charge in [0.2, 0.25) is 0 Å². The lowest BCUT2D eigenvalue weighted by Gasteiger charge is -2.76. The maximum atomic E-state index is 1.66. The Kier molecular flexibility index (Phi) is 6.89. The van der Waals surface area contributed by atoms with E-state index < -0.39 is 0 Å². The standard InChI is InChI=1S/C37H62/c1-2-4-6-9-16-33(17-11-7-10-15-32(18-12-19-32)14-8-5-3-1)22-24-35(25-23-33)28-37(29-35)30-36(31-37)26-34(27-36)20-13-21-34/h1-31H2.